The van der Waals surface area contributed by atoms with Crippen molar-refractivity contribution in [3.05, 3.63) is 62.9 Å². The summed E-state index contributed by atoms with van der Waals surface area (Å²) in [6.45, 7) is 1.38. The molecule has 0 bridgehead atoms. The first-order valence-electron chi connectivity index (χ1n) is 8.28. The normalized spacial score (nSPS) is 12.0. The summed E-state index contributed by atoms with van der Waals surface area (Å²) in [7, 11) is -4.41. The second-order valence-corrected chi connectivity index (χ2v) is 9.01. The number of halogens is 6. The molecule has 3 aromatic rings. The Morgan fingerprint density at radius 2 is 1.78 bits per heavy atom. The molecule has 0 fully saturated rings. The fourth-order valence-electron chi connectivity index (χ4n) is 2.53. The lowest BCUT2D eigenvalue weighted by atomic mass is 10.2. The summed E-state index contributed by atoms with van der Waals surface area (Å²) in [6.07, 6.45) is -4.91. The van der Waals surface area contributed by atoms with Crippen LogP contribution in [-0.2, 0) is 10.0 Å². The number of alkyl halides is 3. The predicted octanol–water partition coefficient (Wildman–Crippen LogP) is 4.55. The van der Waals surface area contributed by atoms with Crippen molar-refractivity contribution in [2.45, 2.75) is 18.2 Å². The second kappa shape index (κ2) is 8.77. The Hall–Kier alpha value is -2.54. The standard InChI is InChI=1S/C17H10Cl3F3N4O4S/c1-8-15(16(28)25-32(29,30)14-6-9(18)2-4-11(14)19)24-26-27(8)13-5-3-10(7-12(13)20)31-17(21,22)23/h2-7H,1H3,(H,25,28). The first kappa shape index (κ1) is 24.1. The topological polar surface area (TPSA) is 103 Å². The minimum atomic E-state index is -4.91. The highest BCUT2D eigenvalue weighted by Crippen LogP contribution is 2.30. The molecule has 0 radical (unpaired) electrons. The molecule has 0 atom stereocenters. The molecule has 1 heterocycles. The number of sulfonamides is 1. The van der Waals surface area contributed by atoms with E-state index in [0.29, 0.717) is 0 Å². The highest BCUT2D eigenvalue weighted by Gasteiger charge is 2.31. The smallest absolute Gasteiger partial charge is 0.406 e. The third kappa shape index (κ3) is 5.26. The van der Waals surface area contributed by atoms with E-state index in [1.54, 1.807) is 0 Å². The molecule has 8 nitrogen and oxygen atoms in total. The van der Waals surface area contributed by atoms with Crippen molar-refractivity contribution in [2.24, 2.45) is 0 Å². The number of hydrogen-bond donors (Lipinski definition) is 1. The number of nitrogens with one attached hydrogen (secondary N) is 1. The highest BCUT2D eigenvalue weighted by atomic mass is 35.5. The van der Waals surface area contributed by atoms with E-state index < -0.39 is 32.9 Å². The van der Waals surface area contributed by atoms with E-state index in [4.69, 9.17) is 34.8 Å². The number of carbonyl (C=O) groups is 1. The van der Waals surface area contributed by atoms with Gasteiger partial charge in [0.1, 0.15) is 10.6 Å². The first-order valence-corrected chi connectivity index (χ1v) is 10.9. The lowest BCUT2D eigenvalue weighted by Gasteiger charge is -2.11. The number of benzene rings is 2. The lowest BCUT2D eigenvalue weighted by molar-refractivity contribution is -0.274. The van der Waals surface area contributed by atoms with E-state index in [1.807, 2.05) is 4.72 Å². The highest BCUT2D eigenvalue weighted by molar-refractivity contribution is 7.90. The molecule has 3 rings (SSSR count). The quantitative estimate of drug-likeness (QED) is 0.520. The Bertz CT molecular complexity index is 1310. The second-order valence-electron chi connectivity index (χ2n) is 6.11. The molecule has 0 aliphatic heterocycles. The Labute approximate surface area is 193 Å². The molecule has 15 heteroatoms. The van der Waals surface area contributed by atoms with Crippen LogP contribution >= 0.6 is 34.8 Å². The van der Waals surface area contributed by atoms with Gasteiger partial charge in [-0.3, -0.25) is 4.79 Å². The van der Waals surface area contributed by atoms with Crippen LogP contribution in [0.1, 0.15) is 16.2 Å². The summed E-state index contributed by atoms with van der Waals surface area (Å²) < 4.78 is 68.8. The van der Waals surface area contributed by atoms with E-state index in [0.717, 1.165) is 28.9 Å². The Kier molecular flexibility index (Phi) is 6.61. The summed E-state index contributed by atoms with van der Waals surface area (Å²) in [5.41, 5.74) is -0.245. The Morgan fingerprint density at radius 1 is 1.09 bits per heavy atom. The average molecular weight is 530 g/mol. The van der Waals surface area contributed by atoms with E-state index in [2.05, 4.69) is 15.0 Å². The van der Waals surface area contributed by atoms with Gasteiger partial charge in [-0.05, 0) is 37.3 Å². The molecule has 0 aliphatic rings. The predicted molar refractivity (Wildman–Crippen MR) is 109 cm³/mol. The van der Waals surface area contributed by atoms with Crippen molar-refractivity contribution >= 4 is 50.7 Å². The van der Waals surface area contributed by atoms with Crippen LogP contribution in [0.5, 0.6) is 5.75 Å². The van der Waals surface area contributed by atoms with Crippen molar-refractivity contribution in [3.8, 4) is 11.4 Å². The van der Waals surface area contributed by atoms with Gasteiger partial charge in [-0.25, -0.2) is 17.8 Å². The van der Waals surface area contributed by atoms with Crippen molar-refractivity contribution < 1.29 is 31.1 Å². The van der Waals surface area contributed by atoms with Crippen LogP contribution in [0.15, 0.2) is 41.3 Å². The van der Waals surface area contributed by atoms with Gasteiger partial charge in [0.05, 0.1) is 21.4 Å². The monoisotopic (exact) mass is 528 g/mol. The molecule has 0 saturated heterocycles. The number of carbonyl (C=O) groups excluding carboxylic acids is 1. The maximum Gasteiger partial charge on any atom is 0.573 e. The van der Waals surface area contributed by atoms with Crippen molar-refractivity contribution in [1.29, 1.82) is 0 Å². The van der Waals surface area contributed by atoms with Gasteiger partial charge in [0.15, 0.2) is 5.69 Å². The summed E-state index contributed by atoms with van der Waals surface area (Å²) in [4.78, 5) is 12.1. The van der Waals surface area contributed by atoms with Crippen LogP contribution in [0.4, 0.5) is 13.2 Å². The fourth-order valence-corrected chi connectivity index (χ4v) is 4.50. The number of amides is 1. The maximum absolute atomic E-state index is 12.5. The summed E-state index contributed by atoms with van der Waals surface area (Å²) >= 11 is 17.7. The molecule has 0 unspecified atom stereocenters. The van der Waals surface area contributed by atoms with E-state index in [-0.39, 0.29) is 32.1 Å². The minimum Gasteiger partial charge on any atom is -0.406 e. The minimum absolute atomic E-state index is 0.0567. The number of aromatic nitrogens is 3. The summed E-state index contributed by atoms with van der Waals surface area (Å²) in [5, 5.41) is 7.09. The number of nitrogens with zero attached hydrogens (tertiary/aromatic N) is 3. The maximum atomic E-state index is 12.5. The molecular weight excluding hydrogens is 520 g/mol. The van der Waals surface area contributed by atoms with Gasteiger partial charge in [0.2, 0.25) is 0 Å². The van der Waals surface area contributed by atoms with Gasteiger partial charge in [-0.1, -0.05) is 40.0 Å². The Morgan fingerprint density at radius 3 is 2.41 bits per heavy atom. The zero-order valence-electron chi connectivity index (χ0n) is 15.6. The number of rotatable bonds is 5. The Balaban J connectivity index is 1.89. The molecule has 170 valence electrons. The van der Waals surface area contributed by atoms with Gasteiger partial charge in [0.25, 0.3) is 15.9 Å². The van der Waals surface area contributed by atoms with Gasteiger partial charge in [-0.15, -0.1) is 18.3 Å². The summed E-state index contributed by atoms with van der Waals surface area (Å²) in [5.74, 6) is -1.69. The van der Waals surface area contributed by atoms with Crippen LogP contribution < -0.4 is 9.46 Å². The van der Waals surface area contributed by atoms with Crippen molar-refractivity contribution in [3.63, 3.8) is 0 Å². The van der Waals surface area contributed by atoms with Crippen LogP contribution in [0.25, 0.3) is 5.69 Å². The number of ether oxygens (including phenoxy) is 1. The fraction of sp³-hybridized carbons (Fsp3) is 0.118. The molecule has 0 aliphatic carbocycles. The van der Waals surface area contributed by atoms with Crippen LogP contribution in [-0.4, -0.2) is 35.7 Å². The van der Waals surface area contributed by atoms with Gasteiger partial charge >= 0.3 is 6.36 Å². The van der Waals surface area contributed by atoms with Gasteiger partial charge < -0.3 is 4.74 Å². The van der Waals surface area contributed by atoms with Crippen LogP contribution in [0.3, 0.4) is 0 Å². The molecule has 0 saturated carbocycles. The van der Waals surface area contributed by atoms with Crippen LogP contribution in [0, 0.1) is 6.92 Å². The molecule has 0 spiro atoms. The van der Waals surface area contributed by atoms with Crippen molar-refractivity contribution in [2.75, 3.05) is 0 Å². The third-order valence-corrected chi connectivity index (χ3v) is 6.25. The number of hydrogen-bond acceptors (Lipinski definition) is 6. The lowest BCUT2D eigenvalue weighted by Crippen LogP contribution is -2.31. The third-order valence-electron chi connectivity index (χ3n) is 3.90. The molecule has 32 heavy (non-hydrogen) atoms. The molecule has 1 aromatic heterocycles. The van der Waals surface area contributed by atoms with E-state index >= 15 is 0 Å². The van der Waals surface area contributed by atoms with E-state index in [9.17, 15) is 26.4 Å². The van der Waals surface area contributed by atoms with Crippen molar-refractivity contribution in [1.82, 2.24) is 19.7 Å². The average Bonchev–Trinajstić information content (AvgIpc) is 3.03. The van der Waals surface area contributed by atoms with Gasteiger partial charge in [0, 0.05) is 11.1 Å². The SMILES string of the molecule is Cc1c(C(=O)NS(=O)(=O)c2cc(Cl)ccc2Cl)nnn1-c1ccc(OC(F)(F)F)cc1Cl. The molecular formula is C17H10Cl3F3N4O4S. The van der Waals surface area contributed by atoms with Crippen LogP contribution in [0.2, 0.25) is 15.1 Å². The zero-order chi connectivity index (χ0) is 23.8. The first-order chi connectivity index (χ1) is 14.8. The molecule has 1 amide bonds. The zero-order valence-corrected chi connectivity index (χ0v) is 18.7. The van der Waals surface area contributed by atoms with E-state index in [1.165, 1.54) is 19.1 Å². The van der Waals surface area contributed by atoms with Gasteiger partial charge in [-0.2, -0.15) is 0 Å². The summed E-state index contributed by atoms with van der Waals surface area (Å²) in [6, 6.07) is 6.73. The largest absolute Gasteiger partial charge is 0.573 e. The molecule has 2 aromatic carbocycles. The molecule has 1 N–H and O–H groups in total.